The molecule has 21 heavy (non-hydrogen) atoms. The third-order valence-corrected chi connectivity index (χ3v) is 3.08. The predicted molar refractivity (Wildman–Crippen MR) is 78.0 cm³/mol. The number of amides is 1. The minimum Gasteiger partial charge on any atom is -0.480 e. The fourth-order valence-electron chi connectivity index (χ4n) is 1.96. The molecule has 0 aliphatic rings. The predicted octanol–water partition coefficient (Wildman–Crippen LogP) is 1.70. The van der Waals surface area contributed by atoms with Gasteiger partial charge in [0.25, 0.3) is 0 Å². The third kappa shape index (κ3) is 4.17. The van der Waals surface area contributed by atoms with E-state index in [-0.39, 0.29) is 18.9 Å². The van der Waals surface area contributed by atoms with Crippen molar-refractivity contribution in [2.75, 3.05) is 11.4 Å². The highest BCUT2D eigenvalue weighted by Gasteiger charge is 2.18. The van der Waals surface area contributed by atoms with E-state index >= 15 is 0 Å². The summed E-state index contributed by atoms with van der Waals surface area (Å²) in [6.07, 6.45) is 5.25. The van der Waals surface area contributed by atoms with Gasteiger partial charge in [0.2, 0.25) is 5.91 Å². The van der Waals surface area contributed by atoms with E-state index in [2.05, 4.69) is 4.98 Å². The lowest BCUT2D eigenvalue weighted by Crippen LogP contribution is -2.36. The standard InChI is InChI=1S/C15H17N3O3/c1-12-2-4-13(5-3-12)18(10-15(20)21)14(19)6-8-17-9-7-16-11-17/h2-5,7,9,11H,6,8,10H2,1H3,(H,20,21). The Morgan fingerprint density at radius 3 is 2.57 bits per heavy atom. The Kier molecular flexibility index (Phi) is 4.71. The van der Waals surface area contributed by atoms with Gasteiger partial charge in [0.15, 0.2) is 0 Å². The number of benzene rings is 1. The Labute approximate surface area is 122 Å². The minimum atomic E-state index is -1.04. The highest BCUT2D eigenvalue weighted by atomic mass is 16.4. The lowest BCUT2D eigenvalue weighted by molar-refractivity contribution is -0.136. The molecule has 1 N–H and O–H groups in total. The van der Waals surface area contributed by atoms with Crippen molar-refractivity contribution in [1.29, 1.82) is 0 Å². The highest BCUT2D eigenvalue weighted by Crippen LogP contribution is 2.16. The summed E-state index contributed by atoms with van der Waals surface area (Å²) in [6, 6.07) is 7.22. The first-order valence-electron chi connectivity index (χ1n) is 6.61. The first kappa shape index (κ1) is 14.8. The van der Waals surface area contributed by atoms with Gasteiger partial charge in [-0.1, -0.05) is 17.7 Å². The van der Waals surface area contributed by atoms with Crippen LogP contribution in [0.4, 0.5) is 5.69 Å². The first-order chi connectivity index (χ1) is 10.1. The Morgan fingerprint density at radius 2 is 2.00 bits per heavy atom. The zero-order valence-corrected chi connectivity index (χ0v) is 11.8. The molecular weight excluding hydrogens is 270 g/mol. The summed E-state index contributed by atoms with van der Waals surface area (Å²) >= 11 is 0. The summed E-state index contributed by atoms with van der Waals surface area (Å²) < 4.78 is 1.78. The third-order valence-electron chi connectivity index (χ3n) is 3.08. The van der Waals surface area contributed by atoms with E-state index in [4.69, 9.17) is 5.11 Å². The summed E-state index contributed by atoms with van der Waals surface area (Å²) in [5, 5.41) is 8.99. The zero-order chi connectivity index (χ0) is 15.2. The molecule has 6 heteroatoms. The molecule has 110 valence electrons. The number of carbonyl (C=O) groups excluding carboxylic acids is 1. The summed E-state index contributed by atoms with van der Waals surface area (Å²) in [4.78, 5) is 28.5. The summed E-state index contributed by atoms with van der Waals surface area (Å²) in [6.45, 7) is 2.07. The van der Waals surface area contributed by atoms with Crippen LogP contribution in [-0.4, -0.2) is 33.1 Å². The molecule has 0 saturated carbocycles. The number of imidazole rings is 1. The van der Waals surface area contributed by atoms with Crippen molar-refractivity contribution in [2.24, 2.45) is 0 Å². The molecule has 0 fully saturated rings. The molecule has 2 rings (SSSR count). The van der Waals surface area contributed by atoms with Crippen LogP contribution in [0.3, 0.4) is 0 Å². The van der Waals surface area contributed by atoms with Crippen molar-refractivity contribution >= 4 is 17.6 Å². The molecule has 0 saturated heterocycles. The Bertz CT molecular complexity index is 606. The van der Waals surface area contributed by atoms with Gasteiger partial charge < -0.3 is 14.6 Å². The molecule has 0 unspecified atom stereocenters. The average molecular weight is 287 g/mol. The highest BCUT2D eigenvalue weighted by molar-refractivity contribution is 5.97. The normalized spacial score (nSPS) is 10.3. The van der Waals surface area contributed by atoms with Gasteiger partial charge in [-0.05, 0) is 19.1 Å². The van der Waals surface area contributed by atoms with Crippen LogP contribution in [0.2, 0.25) is 0 Å². The van der Waals surface area contributed by atoms with Gasteiger partial charge in [-0.3, -0.25) is 9.59 Å². The van der Waals surface area contributed by atoms with Gasteiger partial charge in [0.1, 0.15) is 6.54 Å². The Morgan fingerprint density at radius 1 is 1.29 bits per heavy atom. The first-order valence-corrected chi connectivity index (χ1v) is 6.61. The lowest BCUT2D eigenvalue weighted by atomic mass is 10.2. The number of carbonyl (C=O) groups is 2. The monoisotopic (exact) mass is 287 g/mol. The van der Waals surface area contributed by atoms with E-state index < -0.39 is 5.97 Å². The van der Waals surface area contributed by atoms with Crippen molar-refractivity contribution in [1.82, 2.24) is 9.55 Å². The maximum absolute atomic E-state index is 12.3. The second kappa shape index (κ2) is 6.69. The van der Waals surface area contributed by atoms with Gasteiger partial charge in [0.05, 0.1) is 6.33 Å². The van der Waals surface area contributed by atoms with Crippen molar-refractivity contribution in [3.8, 4) is 0 Å². The number of rotatable bonds is 6. The molecule has 1 amide bonds. The molecule has 0 aliphatic carbocycles. The molecule has 1 aromatic heterocycles. The molecule has 0 atom stereocenters. The molecule has 1 heterocycles. The Hall–Kier alpha value is -2.63. The maximum atomic E-state index is 12.3. The fraction of sp³-hybridized carbons (Fsp3) is 0.267. The van der Waals surface area contributed by atoms with Crippen LogP contribution >= 0.6 is 0 Å². The van der Waals surface area contributed by atoms with E-state index in [1.807, 2.05) is 19.1 Å². The molecule has 0 aliphatic heterocycles. The molecular formula is C15H17N3O3. The number of hydrogen-bond acceptors (Lipinski definition) is 3. The van der Waals surface area contributed by atoms with Gasteiger partial charge >= 0.3 is 5.97 Å². The molecule has 1 aromatic carbocycles. The quantitative estimate of drug-likeness (QED) is 0.877. The number of aliphatic carboxylic acids is 1. The number of carboxylic acids is 1. The van der Waals surface area contributed by atoms with Crippen molar-refractivity contribution in [3.63, 3.8) is 0 Å². The van der Waals surface area contributed by atoms with Crippen LogP contribution in [0.15, 0.2) is 43.0 Å². The maximum Gasteiger partial charge on any atom is 0.323 e. The van der Waals surface area contributed by atoms with E-state index in [1.54, 1.807) is 35.4 Å². The molecule has 0 bridgehead atoms. The smallest absolute Gasteiger partial charge is 0.323 e. The lowest BCUT2D eigenvalue weighted by Gasteiger charge is -2.21. The van der Waals surface area contributed by atoms with Crippen molar-refractivity contribution in [3.05, 3.63) is 48.5 Å². The number of aromatic nitrogens is 2. The van der Waals surface area contributed by atoms with E-state index in [9.17, 15) is 9.59 Å². The topological polar surface area (TPSA) is 75.4 Å². The number of aryl methyl sites for hydroxylation is 2. The number of anilines is 1. The Balaban J connectivity index is 2.09. The summed E-state index contributed by atoms with van der Waals surface area (Å²) in [7, 11) is 0. The van der Waals surface area contributed by atoms with E-state index in [0.29, 0.717) is 12.2 Å². The minimum absolute atomic E-state index is 0.220. The second-order valence-electron chi connectivity index (χ2n) is 4.76. The van der Waals surface area contributed by atoms with Crippen molar-refractivity contribution in [2.45, 2.75) is 19.9 Å². The molecule has 0 spiro atoms. The SMILES string of the molecule is Cc1ccc(N(CC(=O)O)C(=O)CCn2ccnc2)cc1. The van der Waals surface area contributed by atoms with Gasteiger partial charge in [-0.25, -0.2) is 4.98 Å². The van der Waals surface area contributed by atoms with Crippen LogP contribution in [0.5, 0.6) is 0 Å². The van der Waals surface area contributed by atoms with Crippen molar-refractivity contribution < 1.29 is 14.7 Å². The van der Waals surface area contributed by atoms with Crippen LogP contribution in [0, 0.1) is 6.92 Å². The van der Waals surface area contributed by atoms with Crippen LogP contribution < -0.4 is 4.90 Å². The molecule has 0 radical (unpaired) electrons. The van der Waals surface area contributed by atoms with Crippen LogP contribution in [0.25, 0.3) is 0 Å². The molecule has 6 nitrogen and oxygen atoms in total. The number of hydrogen-bond donors (Lipinski definition) is 1. The average Bonchev–Trinajstić information content (AvgIpc) is 2.96. The second-order valence-corrected chi connectivity index (χ2v) is 4.76. The fourth-order valence-corrected chi connectivity index (χ4v) is 1.96. The van der Waals surface area contributed by atoms with Gasteiger partial charge in [-0.2, -0.15) is 0 Å². The molecule has 2 aromatic rings. The van der Waals surface area contributed by atoms with Crippen LogP contribution in [-0.2, 0) is 16.1 Å². The summed E-state index contributed by atoms with van der Waals surface area (Å²) in [5.41, 5.74) is 1.65. The summed E-state index contributed by atoms with van der Waals surface area (Å²) in [5.74, 6) is -1.26. The number of carboxylic acid groups (broad SMARTS) is 1. The van der Waals surface area contributed by atoms with Gasteiger partial charge in [0, 0.05) is 31.0 Å². The zero-order valence-electron chi connectivity index (χ0n) is 11.8. The van der Waals surface area contributed by atoms with Crippen LogP contribution in [0.1, 0.15) is 12.0 Å². The van der Waals surface area contributed by atoms with Gasteiger partial charge in [-0.15, -0.1) is 0 Å². The van der Waals surface area contributed by atoms with E-state index in [1.165, 1.54) is 4.90 Å². The number of nitrogens with zero attached hydrogens (tertiary/aromatic N) is 3. The van der Waals surface area contributed by atoms with E-state index in [0.717, 1.165) is 5.56 Å². The largest absolute Gasteiger partial charge is 0.480 e.